The summed E-state index contributed by atoms with van der Waals surface area (Å²) in [5.74, 6) is 0.226. The van der Waals surface area contributed by atoms with E-state index >= 15 is 0 Å². The number of aromatic nitrogens is 1. The molecule has 2 aromatic rings. The first kappa shape index (κ1) is 8.07. The van der Waals surface area contributed by atoms with Crippen LogP contribution in [0.1, 0.15) is 5.56 Å². The summed E-state index contributed by atoms with van der Waals surface area (Å²) >= 11 is 4.87. The highest BCUT2D eigenvalue weighted by molar-refractivity contribution is 7.80. The third-order valence-electron chi connectivity index (χ3n) is 1.93. The van der Waals surface area contributed by atoms with Crippen LogP contribution < -0.4 is 5.73 Å². The number of fused-ring (bicyclic) bond motifs is 1. The van der Waals surface area contributed by atoms with Gasteiger partial charge < -0.3 is 15.8 Å². The van der Waals surface area contributed by atoms with E-state index in [0.29, 0.717) is 4.99 Å². The van der Waals surface area contributed by atoms with Crippen molar-refractivity contribution in [2.45, 2.75) is 0 Å². The summed E-state index contributed by atoms with van der Waals surface area (Å²) in [6, 6.07) is 5.03. The van der Waals surface area contributed by atoms with Crippen LogP contribution in [-0.4, -0.2) is 15.1 Å². The van der Waals surface area contributed by atoms with Crippen molar-refractivity contribution in [2.24, 2.45) is 5.73 Å². The van der Waals surface area contributed by atoms with Gasteiger partial charge in [-0.1, -0.05) is 12.2 Å². The Balaban J connectivity index is 2.76. The van der Waals surface area contributed by atoms with Crippen LogP contribution in [0, 0.1) is 0 Å². The molecule has 4 N–H and O–H groups in total. The zero-order chi connectivity index (χ0) is 9.42. The van der Waals surface area contributed by atoms with Crippen LogP contribution in [0.15, 0.2) is 24.4 Å². The van der Waals surface area contributed by atoms with Crippen molar-refractivity contribution >= 4 is 28.1 Å². The monoisotopic (exact) mass is 192 g/mol. The lowest BCUT2D eigenvalue weighted by molar-refractivity contribution is 0.476. The molecule has 1 heterocycles. The van der Waals surface area contributed by atoms with Crippen LogP contribution >= 0.6 is 12.2 Å². The van der Waals surface area contributed by atoms with Crippen molar-refractivity contribution in [1.82, 2.24) is 4.98 Å². The molecule has 4 heteroatoms. The lowest BCUT2D eigenvalue weighted by Crippen LogP contribution is -2.08. The van der Waals surface area contributed by atoms with Gasteiger partial charge in [-0.15, -0.1) is 0 Å². The average molecular weight is 192 g/mol. The number of benzene rings is 1. The smallest absolute Gasteiger partial charge is 0.117 e. The summed E-state index contributed by atoms with van der Waals surface area (Å²) in [6.07, 6.45) is 1.74. The van der Waals surface area contributed by atoms with Crippen molar-refractivity contribution in [3.05, 3.63) is 30.0 Å². The number of phenolic OH excluding ortho intramolecular Hbond substituents is 1. The summed E-state index contributed by atoms with van der Waals surface area (Å²) in [6.45, 7) is 0. The first-order valence-electron chi connectivity index (χ1n) is 3.78. The minimum Gasteiger partial charge on any atom is -0.508 e. The number of rotatable bonds is 1. The number of thiocarbonyl (C=S) groups is 1. The van der Waals surface area contributed by atoms with E-state index in [9.17, 15) is 5.11 Å². The Morgan fingerprint density at radius 3 is 2.92 bits per heavy atom. The van der Waals surface area contributed by atoms with Crippen LogP contribution in [0.2, 0.25) is 0 Å². The molecule has 0 unspecified atom stereocenters. The maximum absolute atomic E-state index is 9.19. The van der Waals surface area contributed by atoms with Gasteiger partial charge in [0.05, 0.1) is 0 Å². The van der Waals surface area contributed by atoms with Gasteiger partial charge in [0.1, 0.15) is 10.7 Å². The minimum absolute atomic E-state index is 0.226. The van der Waals surface area contributed by atoms with E-state index in [0.717, 1.165) is 16.5 Å². The lowest BCUT2D eigenvalue weighted by atomic mass is 10.2. The molecule has 0 amide bonds. The minimum atomic E-state index is 0.226. The van der Waals surface area contributed by atoms with Crippen molar-refractivity contribution in [1.29, 1.82) is 0 Å². The van der Waals surface area contributed by atoms with Gasteiger partial charge >= 0.3 is 0 Å². The average Bonchev–Trinajstić information content (AvgIpc) is 2.46. The molecule has 13 heavy (non-hydrogen) atoms. The molecule has 0 aliphatic rings. The zero-order valence-electron chi connectivity index (χ0n) is 6.74. The van der Waals surface area contributed by atoms with Crippen molar-refractivity contribution in [3.63, 3.8) is 0 Å². The Labute approximate surface area is 80.2 Å². The molecule has 0 saturated heterocycles. The van der Waals surface area contributed by atoms with Gasteiger partial charge in [-0.3, -0.25) is 0 Å². The molecule has 0 aliphatic carbocycles. The fourth-order valence-electron chi connectivity index (χ4n) is 1.32. The molecule has 66 valence electrons. The second-order valence-electron chi connectivity index (χ2n) is 2.80. The second-order valence-corrected chi connectivity index (χ2v) is 3.24. The summed E-state index contributed by atoms with van der Waals surface area (Å²) < 4.78 is 0. The maximum Gasteiger partial charge on any atom is 0.117 e. The van der Waals surface area contributed by atoms with Gasteiger partial charge in [-0.05, 0) is 12.1 Å². The Kier molecular flexibility index (Phi) is 1.70. The summed E-state index contributed by atoms with van der Waals surface area (Å²) in [5.41, 5.74) is 7.16. The van der Waals surface area contributed by atoms with Gasteiger partial charge in [-0.2, -0.15) is 0 Å². The van der Waals surface area contributed by atoms with E-state index in [2.05, 4.69) is 4.98 Å². The highest BCUT2D eigenvalue weighted by atomic mass is 32.1. The molecule has 0 fully saturated rings. The Bertz CT molecular complexity index is 475. The molecule has 1 aromatic heterocycles. The molecule has 3 nitrogen and oxygen atoms in total. The fourth-order valence-corrected chi connectivity index (χ4v) is 1.49. The quantitative estimate of drug-likeness (QED) is 0.600. The molecular weight excluding hydrogens is 184 g/mol. The Morgan fingerprint density at radius 2 is 2.23 bits per heavy atom. The van der Waals surface area contributed by atoms with E-state index in [-0.39, 0.29) is 5.75 Å². The molecule has 1 aromatic carbocycles. The predicted molar refractivity (Wildman–Crippen MR) is 55.9 cm³/mol. The fraction of sp³-hybridized carbons (Fsp3) is 0. The normalized spacial score (nSPS) is 10.5. The first-order chi connectivity index (χ1) is 6.18. The van der Waals surface area contributed by atoms with Gasteiger partial charge in [0.25, 0.3) is 0 Å². The topological polar surface area (TPSA) is 62.0 Å². The van der Waals surface area contributed by atoms with Crippen LogP contribution in [0.25, 0.3) is 10.9 Å². The van der Waals surface area contributed by atoms with E-state index < -0.39 is 0 Å². The predicted octanol–water partition coefficient (Wildman–Crippen LogP) is 1.51. The van der Waals surface area contributed by atoms with Crippen molar-refractivity contribution < 1.29 is 5.11 Å². The van der Waals surface area contributed by atoms with Gasteiger partial charge in [-0.25, -0.2) is 0 Å². The molecule has 2 rings (SSSR count). The number of aromatic amines is 1. The third kappa shape index (κ3) is 1.25. The number of aromatic hydroxyl groups is 1. The van der Waals surface area contributed by atoms with Crippen molar-refractivity contribution in [3.8, 4) is 5.75 Å². The number of H-pyrrole nitrogens is 1. The molecule has 0 saturated carbocycles. The van der Waals surface area contributed by atoms with Crippen molar-refractivity contribution in [2.75, 3.05) is 0 Å². The Hall–Kier alpha value is -1.55. The van der Waals surface area contributed by atoms with Crippen LogP contribution in [0.4, 0.5) is 0 Å². The summed E-state index contributed by atoms with van der Waals surface area (Å²) in [4.78, 5) is 3.34. The van der Waals surface area contributed by atoms with Crippen LogP contribution in [-0.2, 0) is 0 Å². The zero-order valence-corrected chi connectivity index (χ0v) is 7.56. The number of phenols is 1. The number of nitrogens with two attached hydrogens (primary N) is 1. The van der Waals surface area contributed by atoms with Crippen LogP contribution in [0.3, 0.4) is 0 Å². The number of hydrogen-bond acceptors (Lipinski definition) is 2. The SMILES string of the molecule is NC(=S)c1c[nH]c2cc(O)ccc12. The highest BCUT2D eigenvalue weighted by Crippen LogP contribution is 2.22. The number of nitrogens with one attached hydrogen (secondary N) is 1. The van der Waals surface area contributed by atoms with Gasteiger partial charge in [0.2, 0.25) is 0 Å². The van der Waals surface area contributed by atoms with Gasteiger partial charge in [0, 0.05) is 28.7 Å². The highest BCUT2D eigenvalue weighted by Gasteiger charge is 2.05. The van der Waals surface area contributed by atoms with E-state index in [1.54, 1.807) is 24.4 Å². The number of hydrogen-bond donors (Lipinski definition) is 3. The van der Waals surface area contributed by atoms with E-state index in [4.69, 9.17) is 18.0 Å². The molecule has 0 atom stereocenters. The maximum atomic E-state index is 9.19. The van der Waals surface area contributed by atoms with E-state index in [1.807, 2.05) is 0 Å². The standard InChI is InChI=1S/C9H8N2OS/c10-9(13)7-4-11-8-3-5(12)1-2-6(7)8/h1-4,11-12H,(H2,10,13). The van der Waals surface area contributed by atoms with Gasteiger partial charge in [0.15, 0.2) is 0 Å². The molecule has 0 bridgehead atoms. The van der Waals surface area contributed by atoms with Crippen LogP contribution in [0.5, 0.6) is 5.75 Å². The molecule has 0 radical (unpaired) electrons. The first-order valence-corrected chi connectivity index (χ1v) is 4.19. The lowest BCUT2D eigenvalue weighted by Gasteiger charge is -1.95. The summed E-state index contributed by atoms with van der Waals surface area (Å²) in [7, 11) is 0. The second kappa shape index (κ2) is 2.74. The molecule has 0 aliphatic heterocycles. The largest absolute Gasteiger partial charge is 0.508 e. The molecule has 0 spiro atoms. The Morgan fingerprint density at radius 1 is 1.46 bits per heavy atom. The molecular formula is C9H8N2OS. The summed E-state index contributed by atoms with van der Waals surface area (Å²) in [5, 5.41) is 10.1. The van der Waals surface area contributed by atoms with E-state index in [1.165, 1.54) is 0 Å². The third-order valence-corrected chi connectivity index (χ3v) is 2.15.